The van der Waals surface area contributed by atoms with Crippen molar-refractivity contribution >= 4 is 28.3 Å². The minimum atomic E-state index is -1.03. The minimum absolute atomic E-state index is 0.271. The van der Waals surface area contributed by atoms with Crippen LogP contribution in [0.2, 0.25) is 0 Å². The number of anilines is 1. The average molecular weight is 360 g/mol. The Morgan fingerprint density at radius 2 is 2.12 bits per heavy atom. The lowest BCUT2D eigenvalue weighted by atomic mass is 10.2. The van der Waals surface area contributed by atoms with Crippen molar-refractivity contribution in [1.82, 2.24) is 24.5 Å². The molecule has 1 amide bonds. The number of nitrogens with zero attached hydrogens (tertiary/aromatic N) is 5. The van der Waals surface area contributed by atoms with Crippen molar-refractivity contribution in [3.8, 4) is 11.3 Å². The van der Waals surface area contributed by atoms with Crippen LogP contribution in [0.1, 0.15) is 23.0 Å². The zero-order chi connectivity index (χ0) is 18.0. The molecule has 0 aliphatic carbocycles. The number of amides is 1. The number of carboxylic acids is 1. The van der Waals surface area contributed by atoms with Crippen molar-refractivity contribution in [2.45, 2.75) is 26.9 Å². The molecule has 2 N–H and O–H groups in total. The molecule has 3 aromatic rings. The molecule has 3 heterocycles. The van der Waals surface area contributed by atoms with Crippen LogP contribution < -0.4 is 5.32 Å². The first kappa shape index (κ1) is 16.8. The van der Waals surface area contributed by atoms with Gasteiger partial charge in [-0.1, -0.05) is 0 Å². The van der Waals surface area contributed by atoms with Gasteiger partial charge in [0.1, 0.15) is 6.54 Å². The molecule has 0 unspecified atom stereocenters. The topological polar surface area (TPSA) is 115 Å². The summed E-state index contributed by atoms with van der Waals surface area (Å²) >= 11 is 1.31. The van der Waals surface area contributed by atoms with Crippen molar-refractivity contribution < 1.29 is 14.7 Å². The molecule has 3 rings (SSSR count). The molecule has 25 heavy (non-hydrogen) atoms. The van der Waals surface area contributed by atoms with Gasteiger partial charge in [-0.3, -0.25) is 24.3 Å². The van der Waals surface area contributed by atoms with Gasteiger partial charge in [-0.15, -0.1) is 11.3 Å². The number of nitrogens with one attached hydrogen (secondary N) is 1. The molecule has 0 aliphatic heterocycles. The highest BCUT2D eigenvalue weighted by Crippen LogP contribution is 2.27. The molecule has 0 spiro atoms. The van der Waals surface area contributed by atoms with Gasteiger partial charge in [-0.2, -0.15) is 10.2 Å². The van der Waals surface area contributed by atoms with Gasteiger partial charge in [0, 0.05) is 29.9 Å². The van der Waals surface area contributed by atoms with E-state index in [-0.39, 0.29) is 12.1 Å². The van der Waals surface area contributed by atoms with E-state index in [1.54, 1.807) is 0 Å². The average Bonchev–Trinajstić information content (AvgIpc) is 3.26. The molecular weight excluding hydrogens is 344 g/mol. The largest absolute Gasteiger partial charge is 0.480 e. The highest BCUT2D eigenvalue weighted by Gasteiger charge is 2.14. The highest BCUT2D eigenvalue weighted by molar-refractivity contribution is 7.14. The van der Waals surface area contributed by atoms with Crippen LogP contribution >= 0.6 is 11.3 Å². The molecule has 0 radical (unpaired) electrons. The number of aromatic nitrogens is 5. The van der Waals surface area contributed by atoms with Gasteiger partial charge in [-0.25, -0.2) is 4.98 Å². The fraction of sp³-hybridized carbons (Fsp3) is 0.267. The normalized spacial score (nSPS) is 10.8. The van der Waals surface area contributed by atoms with E-state index >= 15 is 0 Å². The Labute approximate surface area is 146 Å². The maximum Gasteiger partial charge on any atom is 0.325 e. The molecule has 0 fully saturated rings. The number of carbonyl (C=O) groups is 2. The lowest BCUT2D eigenvalue weighted by molar-refractivity contribution is -0.137. The molecule has 130 valence electrons. The monoisotopic (exact) mass is 360 g/mol. The lowest BCUT2D eigenvalue weighted by Crippen LogP contribution is -2.12. The predicted molar refractivity (Wildman–Crippen MR) is 91.6 cm³/mol. The summed E-state index contributed by atoms with van der Waals surface area (Å²) in [6.07, 6.45) is 4.63. The first-order valence-corrected chi connectivity index (χ1v) is 8.39. The van der Waals surface area contributed by atoms with E-state index in [0.29, 0.717) is 5.13 Å². The Bertz CT molecular complexity index is 925. The van der Waals surface area contributed by atoms with E-state index in [9.17, 15) is 9.59 Å². The molecule has 0 saturated heterocycles. The number of carbonyl (C=O) groups excluding carboxylic acids is 1. The Hall–Kier alpha value is -3.01. The van der Waals surface area contributed by atoms with Crippen molar-refractivity contribution in [1.29, 1.82) is 0 Å². The summed E-state index contributed by atoms with van der Waals surface area (Å²) in [5.74, 6) is -1.42. The molecule has 0 aliphatic rings. The third-order valence-corrected chi connectivity index (χ3v) is 4.22. The third-order valence-electron chi connectivity index (χ3n) is 3.46. The zero-order valence-corrected chi connectivity index (χ0v) is 14.4. The molecule has 0 atom stereocenters. The fourth-order valence-corrected chi connectivity index (χ4v) is 2.97. The quantitative estimate of drug-likeness (QED) is 0.693. The maximum atomic E-state index is 12.2. The van der Waals surface area contributed by atoms with Gasteiger partial charge in [0.2, 0.25) is 0 Å². The second-order valence-corrected chi connectivity index (χ2v) is 6.15. The molecule has 9 nitrogen and oxygen atoms in total. The number of rotatable bonds is 6. The van der Waals surface area contributed by atoms with Crippen LogP contribution in [0.5, 0.6) is 0 Å². The number of carboxylic acid groups (broad SMARTS) is 1. The van der Waals surface area contributed by atoms with Gasteiger partial charge < -0.3 is 5.11 Å². The van der Waals surface area contributed by atoms with E-state index < -0.39 is 11.9 Å². The molecule has 0 bridgehead atoms. The Kier molecular flexibility index (Phi) is 4.61. The Balaban J connectivity index is 1.72. The predicted octanol–water partition coefficient (Wildman–Crippen LogP) is 1.87. The third kappa shape index (κ3) is 3.74. The van der Waals surface area contributed by atoms with E-state index in [1.165, 1.54) is 28.4 Å². The second kappa shape index (κ2) is 6.85. The fourth-order valence-electron chi connectivity index (χ4n) is 2.26. The van der Waals surface area contributed by atoms with Crippen LogP contribution in [-0.4, -0.2) is 41.5 Å². The first-order chi connectivity index (χ1) is 12.0. The number of hydrogen-bond acceptors (Lipinski definition) is 6. The standard InChI is InChI=1S/C15H16N6O3S/c1-3-20-6-11(9(2)19-20)12-8-25-15(17-12)18-14(24)10-4-16-21(5-10)7-13(22)23/h4-6,8H,3,7H2,1-2H3,(H,22,23)(H,17,18,24). The Morgan fingerprint density at radius 1 is 1.32 bits per heavy atom. The highest BCUT2D eigenvalue weighted by atomic mass is 32.1. The van der Waals surface area contributed by atoms with E-state index in [4.69, 9.17) is 5.11 Å². The van der Waals surface area contributed by atoms with Gasteiger partial charge in [0.15, 0.2) is 5.13 Å². The van der Waals surface area contributed by atoms with Crippen LogP contribution in [0, 0.1) is 6.92 Å². The van der Waals surface area contributed by atoms with Crippen LogP contribution in [-0.2, 0) is 17.9 Å². The molecule has 0 aromatic carbocycles. The number of thiazole rings is 1. The summed E-state index contributed by atoms with van der Waals surface area (Å²) in [4.78, 5) is 27.3. The van der Waals surface area contributed by atoms with E-state index in [1.807, 2.05) is 30.1 Å². The summed E-state index contributed by atoms with van der Waals surface area (Å²) in [6.45, 7) is 4.40. The van der Waals surface area contributed by atoms with Crippen LogP contribution in [0.3, 0.4) is 0 Å². The molecular formula is C15H16N6O3S. The summed E-state index contributed by atoms with van der Waals surface area (Å²) in [7, 11) is 0. The molecule has 10 heteroatoms. The van der Waals surface area contributed by atoms with Crippen LogP contribution in [0.15, 0.2) is 24.0 Å². The summed E-state index contributed by atoms with van der Waals surface area (Å²) in [6, 6.07) is 0. The van der Waals surface area contributed by atoms with E-state index in [0.717, 1.165) is 23.5 Å². The number of aliphatic carboxylic acids is 1. The summed E-state index contributed by atoms with van der Waals surface area (Å²) in [5, 5.41) is 22.0. The summed E-state index contributed by atoms with van der Waals surface area (Å²) < 4.78 is 3.02. The second-order valence-electron chi connectivity index (χ2n) is 5.30. The minimum Gasteiger partial charge on any atom is -0.480 e. The van der Waals surface area contributed by atoms with Gasteiger partial charge in [-0.05, 0) is 13.8 Å². The van der Waals surface area contributed by atoms with E-state index in [2.05, 4.69) is 20.5 Å². The van der Waals surface area contributed by atoms with Gasteiger partial charge in [0.05, 0.1) is 23.1 Å². The lowest BCUT2D eigenvalue weighted by Gasteiger charge is -1.98. The smallest absolute Gasteiger partial charge is 0.325 e. The van der Waals surface area contributed by atoms with Gasteiger partial charge >= 0.3 is 5.97 Å². The first-order valence-electron chi connectivity index (χ1n) is 7.51. The number of hydrogen-bond donors (Lipinski definition) is 2. The SMILES string of the molecule is CCn1cc(-c2csc(NC(=O)c3cnn(CC(=O)O)c3)n2)c(C)n1. The Morgan fingerprint density at radius 3 is 2.80 bits per heavy atom. The van der Waals surface area contributed by atoms with Crippen LogP contribution in [0.25, 0.3) is 11.3 Å². The maximum absolute atomic E-state index is 12.2. The molecule has 0 saturated carbocycles. The zero-order valence-electron chi connectivity index (χ0n) is 13.6. The van der Waals surface area contributed by atoms with Crippen molar-refractivity contribution in [2.24, 2.45) is 0 Å². The van der Waals surface area contributed by atoms with Crippen LogP contribution in [0.4, 0.5) is 5.13 Å². The summed E-state index contributed by atoms with van der Waals surface area (Å²) in [5.41, 5.74) is 2.82. The van der Waals surface area contributed by atoms with Crippen molar-refractivity contribution in [2.75, 3.05) is 5.32 Å². The van der Waals surface area contributed by atoms with Crippen molar-refractivity contribution in [3.05, 3.63) is 35.2 Å². The van der Waals surface area contributed by atoms with Crippen molar-refractivity contribution in [3.63, 3.8) is 0 Å². The molecule has 3 aromatic heterocycles. The number of aryl methyl sites for hydroxylation is 2. The van der Waals surface area contributed by atoms with Gasteiger partial charge in [0.25, 0.3) is 5.91 Å².